The highest BCUT2D eigenvalue weighted by Gasteiger charge is 2.32. The van der Waals surface area contributed by atoms with Gasteiger partial charge in [-0.2, -0.15) is 0 Å². The van der Waals surface area contributed by atoms with Crippen LogP contribution in [0.1, 0.15) is 28.2 Å². The SMILES string of the molecule is Cc1ccccc1C[C@@H](c1ccccc1)[C@@H]1CN(C(=O)OCc2ccccc2I)CCO1. The van der Waals surface area contributed by atoms with Crippen molar-refractivity contribution in [2.45, 2.75) is 32.0 Å². The monoisotopic (exact) mass is 541 g/mol. The van der Waals surface area contributed by atoms with Crippen LogP contribution in [0.25, 0.3) is 0 Å². The fraction of sp³-hybridized carbons (Fsp3) is 0.296. The van der Waals surface area contributed by atoms with E-state index in [1.54, 1.807) is 4.90 Å². The number of ether oxygens (including phenoxy) is 2. The quantitative estimate of drug-likeness (QED) is 0.362. The van der Waals surface area contributed by atoms with Gasteiger partial charge in [0, 0.05) is 21.6 Å². The van der Waals surface area contributed by atoms with Crippen LogP contribution in [0, 0.1) is 10.5 Å². The summed E-state index contributed by atoms with van der Waals surface area (Å²) in [5.74, 6) is 0.156. The predicted octanol–water partition coefficient (Wildman–Crippen LogP) is 5.96. The van der Waals surface area contributed by atoms with Crippen LogP contribution < -0.4 is 0 Å². The Morgan fingerprint density at radius 3 is 2.47 bits per heavy atom. The normalized spacial score (nSPS) is 17.1. The molecule has 0 radical (unpaired) electrons. The topological polar surface area (TPSA) is 38.8 Å². The molecule has 0 bridgehead atoms. The number of benzene rings is 3. The van der Waals surface area contributed by atoms with Crippen molar-refractivity contribution < 1.29 is 14.3 Å². The van der Waals surface area contributed by atoms with Crippen LogP contribution in [-0.4, -0.2) is 36.8 Å². The lowest BCUT2D eigenvalue weighted by molar-refractivity contribution is -0.0402. The molecule has 1 fully saturated rings. The Labute approximate surface area is 203 Å². The highest BCUT2D eigenvalue weighted by atomic mass is 127. The minimum Gasteiger partial charge on any atom is -0.444 e. The second-order valence-electron chi connectivity index (χ2n) is 8.15. The number of morpholine rings is 1. The van der Waals surface area contributed by atoms with Crippen molar-refractivity contribution in [2.24, 2.45) is 0 Å². The molecule has 2 atom stereocenters. The summed E-state index contributed by atoms with van der Waals surface area (Å²) in [5, 5.41) is 0. The molecule has 0 aromatic heterocycles. The molecule has 0 N–H and O–H groups in total. The molecule has 3 aromatic carbocycles. The number of halogens is 1. The summed E-state index contributed by atoms with van der Waals surface area (Å²) in [6, 6.07) is 26.9. The number of rotatable bonds is 6. The van der Waals surface area contributed by atoms with E-state index in [0.29, 0.717) is 19.7 Å². The Morgan fingerprint density at radius 2 is 1.72 bits per heavy atom. The fourth-order valence-corrected chi connectivity index (χ4v) is 4.71. The minimum atomic E-state index is -0.277. The number of carbonyl (C=O) groups excluding carboxylic acids is 1. The molecule has 0 unspecified atom stereocenters. The van der Waals surface area contributed by atoms with E-state index in [1.165, 1.54) is 16.7 Å². The first-order chi connectivity index (χ1) is 15.6. The molecular formula is C27H28INO3. The van der Waals surface area contributed by atoms with Gasteiger partial charge >= 0.3 is 6.09 Å². The van der Waals surface area contributed by atoms with Crippen LogP contribution in [0.3, 0.4) is 0 Å². The largest absolute Gasteiger partial charge is 0.444 e. The van der Waals surface area contributed by atoms with Gasteiger partial charge in [0.05, 0.1) is 19.3 Å². The van der Waals surface area contributed by atoms with Gasteiger partial charge in [0.2, 0.25) is 0 Å². The van der Waals surface area contributed by atoms with Crippen molar-refractivity contribution in [3.05, 3.63) is 105 Å². The van der Waals surface area contributed by atoms with Gasteiger partial charge in [-0.3, -0.25) is 0 Å². The number of hydrogen-bond donors (Lipinski definition) is 0. The number of aryl methyl sites for hydroxylation is 1. The van der Waals surface area contributed by atoms with Gasteiger partial charge in [0.15, 0.2) is 0 Å². The Kier molecular flexibility index (Phi) is 7.81. The van der Waals surface area contributed by atoms with Crippen molar-refractivity contribution >= 4 is 28.7 Å². The van der Waals surface area contributed by atoms with Crippen molar-refractivity contribution in [2.75, 3.05) is 19.7 Å². The molecule has 5 heteroatoms. The van der Waals surface area contributed by atoms with Crippen molar-refractivity contribution in [1.82, 2.24) is 4.90 Å². The standard InChI is InChI=1S/C27H28INO3/c1-20-9-5-6-12-22(20)17-24(21-10-3-2-4-11-21)26-18-29(15-16-31-26)27(30)32-19-23-13-7-8-14-25(23)28/h2-14,24,26H,15-19H2,1H3/t24-,26-/m0/s1. The Morgan fingerprint density at radius 1 is 1.03 bits per heavy atom. The van der Waals surface area contributed by atoms with E-state index in [1.807, 2.05) is 30.3 Å². The molecular weight excluding hydrogens is 513 g/mol. The third kappa shape index (κ3) is 5.70. The molecule has 4 nitrogen and oxygen atoms in total. The summed E-state index contributed by atoms with van der Waals surface area (Å²) >= 11 is 2.27. The van der Waals surface area contributed by atoms with E-state index < -0.39 is 0 Å². The average molecular weight is 541 g/mol. The van der Waals surface area contributed by atoms with Gasteiger partial charge in [0.1, 0.15) is 6.61 Å². The molecule has 32 heavy (non-hydrogen) atoms. The van der Waals surface area contributed by atoms with Gasteiger partial charge in [-0.25, -0.2) is 4.79 Å². The van der Waals surface area contributed by atoms with Crippen molar-refractivity contribution in [1.29, 1.82) is 0 Å². The lowest BCUT2D eigenvalue weighted by Gasteiger charge is -2.37. The average Bonchev–Trinajstić information content (AvgIpc) is 2.83. The molecule has 4 rings (SSSR count). The first-order valence-corrected chi connectivity index (χ1v) is 12.1. The third-order valence-electron chi connectivity index (χ3n) is 6.04. The van der Waals surface area contributed by atoms with E-state index in [0.717, 1.165) is 15.6 Å². The molecule has 1 amide bonds. The van der Waals surface area contributed by atoms with E-state index in [-0.39, 0.29) is 24.7 Å². The van der Waals surface area contributed by atoms with Gasteiger partial charge in [-0.05, 0) is 58.7 Å². The second kappa shape index (κ2) is 11.0. The van der Waals surface area contributed by atoms with E-state index in [9.17, 15) is 4.79 Å². The van der Waals surface area contributed by atoms with Gasteiger partial charge in [-0.15, -0.1) is 0 Å². The van der Waals surface area contributed by atoms with Gasteiger partial charge in [-0.1, -0.05) is 72.8 Å². The summed E-state index contributed by atoms with van der Waals surface area (Å²) < 4.78 is 13.0. The third-order valence-corrected chi connectivity index (χ3v) is 7.09. The van der Waals surface area contributed by atoms with Crippen LogP contribution in [0.4, 0.5) is 4.79 Å². The zero-order valence-corrected chi connectivity index (χ0v) is 20.4. The Bertz CT molecular complexity index is 1040. The highest BCUT2D eigenvalue weighted by molar-refractivity contribution is 14.1. The summed E-state index contributed by atoms with van der Waals surface area (Å²) in [6.07, 6.45) is 0.503. The summed E-state index contributed by atoms with van der Waals surface area (Å²) in [5.41, 5.74) is 4.84. The first-order valence-electron chi connectivity index (χ1n) is 11.0. The number of nitrogens with zero attached hydrogens (tertiary/aromatic N) is 1. The molecule has 3 aromatic rings. The van der Waals surface area contributed by atoms with Crippen LogP contribution in [0.15, 0.2) is 78.9 Å². The zero-order valence-electron chi connectivity index (χ0n) is 18.2. The maximum absolute atomic E-state index is 12.8. The van der Waals surface area contributed by atoms with Crippen LogP contribution >= 0.6 is 22.6 Å². The van der Waals surface area contributed by atoms with Crippen molar-refractivity contribution in [3.63, 3.8) is 0 Å². The molecule has 1 aliphatic rings. The predicted molar refractivity (Wildman–Crippen MR) is 135 cm³/mol. The molecule has 0 aliphatic carbocycles. The van der Waals surface area contributed by atoms with E-state index in [4.69, 9.17) is 9.47 Å². The van der Waals surface area contributed by atoms with Gasteiger partial charge < -0.3 is 14.4 Å². The zero-order chi connectivity index (χ0) is 22.3. The molecule has 1 aliphatic heterocycles. The maximum Gasteiger partial charge on any atom is 0.410 e. The minimum absolute atomic E-state index is 0.0878. The smallest absolute Gasteiger partial charge is 0.410 e. The van der Waals surface area contributed by atoms with Crippen molar-refractivity contribution in [3.8, 4) is 0 Å². The molecule has 0 spiro atoms. The summed E-state index contributed by atoms with van der Waals surface area (Å²) in [4.78, 5) is 14.6. The Balaban J connectivity index is 1.47. The number of hydrogen-bond acceptors (Lipinski definition) is 3. The highest BCUT2D eigenvalue weighted by Crippen LogP contribution is 2.30. The van der Waals surface area contributed by atoms with Crippen LogP contribution in [-0.2, 0) is 22.5 Å². The lowest BCUT2D eigenvalue weighted by atomic mass is 9.85. The molecule has 166 valence electrons. The summed E-state index contributed by atoms with van der Waals surface area (Å²) in [7, 11) is 0. The maximum atomic E-state index is 12.8. The second-order valence-corrected chi connectivity index (χ2v) is 9.31. The molecule has 0 saturated carbocycles. The number of amides is 1. The molecule has 1 saturated heterocycles. The van der Waals surface area contributed by atoms with E-state index in [2.05, 4.69) is 78.0 Å². The van der Waals surface area contributed by atoms with E-state index >= 15 is 0 Å². The van der Waals surface area contributed by atoms with Crippen LogP contribution in [0.5, 0.6) is 0 Å². The molecule has 1 heterocycles. The fourth-order valence-electron chi connectivity index (χ4n) is 4.17. The Hall–Kier alpha value is -2.38. The first kappa shape index (κ1) is 22.8. The van der Waals surface area contributed by atoms with Gasteiger partial charge in [0.25, 0.3) is 0 Å². The lowest BCUT2D eigenvalue weighted by Crippen LogP contribution is -2.48. The summed E-state index contributed by atoms with van der Waals surface area (Å²) in [6.45, 7) is 4.02. The van der Waals surface area contributed by atoms with Crippen LogP contribution in [0.2, 0.25) is 0 Å². The number of carbonyl (C=O) groups is 1.